The van der Waals surface area contributed by atoms with E-state index in [1.807, 2.05) is 0 Å². The van der Waals surface area contributed by atoms with E-state index in [1.54, 1.807) is 0 Å². The normalized spacial score (nSPS) is 12.4. The van der Waals surface area contributed by atoms with Gasteiger partial charge in [-0.05, 0) is 81.6 Å². The van der Waals surface area contributed by atoms with Gasteiger partial charge in [0.2, 0.25) is 0 Å². The molecule has 8 aromatic rings. The molecule has 48 heavy (non-hydrogen) atoms. The summed E-state index contributed by atoms with van der Waals surface area (Å²) in [5, 5.41) is 2.61. The van der Waals surface area contributed by atoms with E-state index < -0.39 is 0 Å². The number of pyridine rings is 1. The number of hydrogen-bond acceptors (Lipinski definition) is 1. The Hall–Kier alpha value is -5.41. The molecule has 5 aromatic carbocycles. The first-order valence-electron chi connectivity index (χ1n) is 16.9. The van der Waals surface area contributed by atoms with Crippen LogP contribution in [0.2, 0.25) is 0 Å². The number of aromatic nitrogens is 3. The van der Waals surface area contributed by atoms with E-state index in [-0.39, 0.29) is 10.8 Å². The van der Waals surface area contributed by atoms with Gasteiger partial charge in [0.1, 0.15) is 5.65 Å². The van der Waals surface area contributed by atoms with E-state index in [0.29, 0.717) is 0 Å². The van der Waals surface area contributed by atoms with Gasteiger partial charge in [0.05, 0.1) is 22.4 Å². The van der Waals surface area contributed by atoms with Crippen molar-refractivity contribution in [2.75, 3.05) is 0 Å². The molecule has 0 spiro atoms. The van der Waals surface area contributed by atoms with E-state index in [0.717, 1.165) is 45.0 Å². The zero-order valence-corrected chi connectivity index (χ0v) is 28.6. The van der Waals surface area contributed by atoms with Gasteiger partial charge in [-0.1, -0.05) is 126 Å². The van der Waals surface area contributed by atoms with Crippen LogP contribution >= 0.6 is 0 Å². The number of imidazole rings is 1. The van der Waals surface area contributed by atoms with Gasteiger partial charge in [-0.3, -0.25) is 4.40 Å². The van der Waals surface area contributed by atoms with Crippen molar-refractivity contribution in [2.45, 2.75) is 52.4 Å². The maximum absolute atomic E-state index is 5.18. The van der Waals surface area contributed by atoms with Crippen LogP contribution in [0, 0.1) is 0 Å². The summed E-state index contributed by atoms with van der Waals surface area (Å²) < 4.78 is 4.63. The first-order valence-corrected chi connectivity index (χ1v) is 16.9. The summed E-state index contributed by atoms with van der Waals surface area (Å²) in [4.78, 5) is 5.18. The maximum Gasteiger partial charge on any atom is 0.138 e. The van der Waals surface area contributed by atoms with Crippen molar-refractivity contribution in [3.63, 3.8) is 0 Å². The molecular formula is C45H41N3. The summed E-state index contributed by atoms with van der Waals surface area (Å²) in [5.41, 5.74) is 14.1. The quantitative estimate of drug-likeness (QED) is 0.191. The Morgan fingerprint density at radius 2 is 1.02 bits per heavy atom. The van der Waals surface area contributed by atoms with Gasteiger partial charge < -0.3 is 4.57 Å². The molecule has 0 atom stereocenters. The Labute approximate surface area is 283 Å². The third-order valence-corrected chi connectivity index (χ3v) is 9.68. The molecule has 0 aliphatic heterocycles. The van der Waals surface area contributed by atoms with Gasteiger partial charge in [0, 0.05) is 33.8 Å². The standard InChI is InChI=1S/C45H41N3/c1-44(2,3)34-19-23-39-37(28-34)38-29-35(45(4,5)6)20-24-40(38)48(39)36-21-17-30(18-22-36)33-25-26-47-41(27-33)46-42(31-13-9-7-10-14-31)43(47)32-15-11-8-12-16-32/h7-29H,1-6H3. The Bertz CT molecular complexity index is 2360. The van der Waals surface area contributed by atoms with E-state index in [9.17, 15) is 0 Å². The SMILES string of the molecule is CC(C)(C)c1ccc2c(c1)c1cc(C(C)(C)C)ccc1n2-c1ccc(-c2ccn3c(-c4ccccc4)c(-c4ccccc4)nc3c2)cc1. The fourth-order valence-electron chi connectivity index (χ4n) is 6.93. The molecule has 0 saturated carbocycles. The van der Waals surface area contributed by atoms with E-state index in [2.05, 4.69) is 190 Å². The van der Waals surface area contributed by atoms with Crippen LogP contribution in [-0.4, -0.2) is 14.0 Å². The minimum atomic E-state index is 0.0750. The Morgan fingerprint density at radius 1 is 0.479 bits per heavy atom. The molecule has 0 saturated heterocycles. The minimum absolute atomic E-state index is 0.0750. The van der Waals surface area contributed by atoms with E-state index in [4.69, 9.17) is 4.98 Å². The molecule has 0 N–H and O–H groups in total. The van der Waals surface area contributed by atoms with Gasteiger partial charge in [-0.15, -0.1) is 0 Å². The highest BCUT2D eigenvalue weighted by Gasteiger charge is 2.21. The van der Waals surface area contributed by atoms with Crippen molar-refractivity contribution < 1.29 is 0 Å². The molecular weight excluding hydrogens is 583 g/mol. The second-order valence-electron chi connectivity index (χ2n) is 15.0. The summed E-state index contributed by atoms with van der Waals surface area (Å²) in [7, 11) is 0. The predicted molar refractivity (Wildman–Crippen MR) is 203 cm³/mol. The topological polar surface area (TPSA) is 22.2 Å². The molecule has 0 fully saturated rings. The summed E-state index contributed by atoms with van der Waals surface area (Å²) in [6.45, 7) is 13.7. The molecule has 3 heteroatoms. The van der Waals surface area contributed by atoms with Gasteiger partial charge >= 0.3 is 0 Å². The van der Waals surface area contributed by atoms with Crippen LogP contribution in [0.3, 0.4) is 0 Å². The lowest BCUT2D eigenvalue weighted by Gasteiger charge is -2.19. The van der Waals surface area contributed by atoms with Gasteiger partial charge in [0.15, 0.2) is 0 Å². The lowest BCUT2D eigenvalue weighted by atomic mass is 9.85. The molecule has 0 aliphatic carbocycles. The number of fused-ring (bicyclic) bond motifs is 4. The van der Waals surface area contributed by atoms with Crippen LogP contribution in [0.15, 0.2) is 140 Å². The van der Waals surface area contributed by atoms with Crippen molar-refractivity contribution in [3.05, 3.63) is 151 Å². The molecule has 0 unspecified atom stereocenters. The Morgan fingerprint density at radius 3 is 1.56 bits per heavy atom. The third kappa shape index (κ3) is 5.11. The van der Waals surface area contributed by atoms with E-state index in [1.165, 1.54) is 32.9 Å². The van der Waals surface area contributed by atoms with Crippen molar-refractivity contribution in [3.8, 4) is 39.3 Å². The first kappa shape index (κ1) is 30.0. The lowest BCUT2D eigenvalue weighted by Crippen LogP contribution is -2.10. The number of nitrogens with zero attached hydrogens (tertiary/aromatic N) is 3. The summed E-state index contributed by atoms with van der Waals surface area (Å²) in [6, 6.07) is 48.4. The number of rotatable bonds is 4. The Kier molecular flexibility index (Phi) is 6.92. The monoisotopic (exact) mass is 623 g/mol. The molecule has 8 rings (SSSR count). The third-order valence-electron chi connectivity index (χ3n) is 9.68. The second-order valence-corrected chi connectivity index (χ2v) is 15.0. The summed E-state index contributed by atoms with van der Waals surface area (Å²) >= 11 is 0. The van der Waals surface area contributed by atoms with Gasteiger partial charge in [0.25, 0.3) is 0 Å². The maximum atomic E-state index is 5.18. The lowest BCUT2D eigenvalue weighted by molar-refractivity contribution is 0.590. The van der Waals surface area contributed by atoms with Crippen LogP contribution in [0.1, 0.15) is 52.7 Å². The molecule has 3 aromatic heterocycles. The number of hydrogen-bond donors (Lipinski definition) is 0. The van der Waals surface area contributed by atoms with Crippen molar-refractivity contribution >= 4 is 27.5 Å². The van der Waals surface area contributed by atoms with Crippen LogP contribution in [-0.2, 0) is 10.8 Å². The van der Waals surface area contributed by atoms with Crippen molar-refractivity contribution in [1.29, 1.82) is 0 Å². The molecule has 236 valence electrons. The average molecular weight is 624 g/mol. The number of benzene rings is 5. The van der Waals surface area contributed by atoms with Gasteiger partial charge in [-0.2, -0.15) is 0 Å². The molecule has 0 bridgehead atoms. The Balaban J connectivity index is 1.24. The zero-order valence-electron chi connectivity index (χ0n) is 28.6. The van der Waals surface area contributed by atoms with Gasteiger partial charge in [-0.25, -0.2) is 4.98 Å². The molecule has 3 heterocycles. The van der Waals surface area contributed by atoms with Crippen LogP contribution in [0.5, 0.6) is 0 Å². The van der Waals surface area contributed by atoms with Crippen LogP contribution < -0.4 is 0 Å². The minimum Gasteiger partial charge on any atom is -0.309 e. The summed E-state index contributed by atoms with van der Waals surface area (Å²) in [6.07, 6.45) is 2.16. The van der Waals surface area contributed by atoms with Crippen LogP contribution in [0.25, 0.3) is 66.8 Å². The van der Waals surface area contributed by atoms with Crippen molar-refractivity contribution in [2.24, 2.45) is 0 Å². The predicted octanol–water partition coefficient (Wildman–Crippen LogP) is 12.0. The highest BCUT2D eigenvalue weighted by molar-refractivity contribution is 6.10. The highest BCUT2D eigenvalue weighted by Crippen LogP contribution is 2.38. The largest absolute Gasteiger partial charge is 0.309 e. The fraction of sp³-hybridized carbons (Fsp3) is 0.178. The summed E-state index contributed by atoms with van der Waals surface area (Å²) in [5.74, 6) is 0. The molecule has 3 nitrogen and oxygen atoms in total. The van der Waals surface area contributed by atoms with Crippen LogP contribution in [0.4, 0.5) is 0 Å². The molecule has 0 amide bonds. The average Bonchev–Trinajstić information content (AvgIpc) is 3.63. The smallest absolute Gasteiger partial charge is 0.138 e. The molecule has 0 aliphatic rings. The molecule has 0 radical (unpaired) electrons. The van der Waals surface area contributed by atoms with E-state index >= 15 is 0 Å². The first-order chi connectivity index (χ1) is 23.1. The second kappa shape index (κ2) is 11.1. The zero-order chi connectivity index (χ0) is 33.2. The highest BCUT2D eigenvalue weighted by atomic mass is 15.0. The fourth-order valence-corrected chi connectivity index (χ4v) is 6.93. The van der Waals surface area contributed by atoms with Crippen molar-refractivity contribution in [1.82, 2.24) is 14.0 Å².